The Hall–Kier alpha value is -1.14. The lowest BCUT2D eigenvalue weighted by Gasteiger charge is -2.21. The summed E-state index contributed by atoms with van der Waals surface area (Å²) in [6.07, 6.45) is 1.97. The molecule has 1 aliphatic rings. The zero-order chi connectivity index (χ0) is 11.3. The van der Waals surface area contributed by atoms with E-state index >= 15 is 0 Å². The summed E-state index contributed by atoms with van der Waals surface area (Å²) >= 11 is 0. The molecule has 1 aliphatic carbocycles. The van der Waals surface area contributed by atoms with Gasteiger partial charge < -0.3 is 21.1 Å². The number of carbonyl (C=O) groups excluding carboxylic acids is 2. The Morgan fingerprint density at radius 1 is 1.47 bits per heavy atom. The van der Waals surface area contributed by atoms with Gasteiger partial charge in [0.05, 0.1) is 19.7 Å². The third-order valence-corrected chi connectivity index (χ3v) is 2.27. The van der Waals surface area contributed by atoms with E-state index in [1.807, 2.05) is 0 Å². The molecule has 0 aromatic heterocycles. The normalized spacial score (nSPS) is 14.8. The number of nitrogens with zero attached hydrogens (tertiary/aromatic N) is 1. The molecule has 1 rings (SSSR count). The summed E-state index contributed by atoms with van der Waals surface area (Å²) in [5, 5.41) is 11.2. The predicted octanol–water partition coefficient (Wildman–Crippen LogP) is -1.96. The fraction of sp³-hybridized carbons (Fsp3) is 0.778. The first-order valence-electron chi connectivity index (χ1n) is 5.06. The summed E-state index contributed by atoms with van der Waals surface area (Å²) in [7, 11) is 0. The molecule has 6 heteroatoms. The molecule has 0 spiro atoms. The van der Waals surface area contributed by atoms with Gasteiger partial charge in [0.15, 0.2) is 0 Å². The third-order valence-electron chi connectivity index (χ3n) is 2.27. The monoisotopic (exact) mass is 215 g/mol. The molecule has 4 N–H and O–H groups in total. The van der Waals surface area contributed by atoms with Crippen molar-refractivity contribution in [1.29, 1.82) is 0 Å². The molecule has 0 heterocycles. The fourth-order valence-electron chi connectivity index (χ4n) is 1.35. The highest BCUT2D eigenvalue weighted by atomic mass is 16.3. The van der Waals surface area contributed by atoms with Crippen molar-refractivity contribution in [2.75, 3.05) is 26.2 Å². The van der Waals surface area contributed by atoms with Gasteiger partial charge in [-0.15, -0.1) is 0 Å². The van der Waals surface area contributed by atoms with E-state index in [-0.39, 0.29) is 37.6 Å². The highest BCUT2D eigenvalue weighted by Gasteiger charge is 2.31. The highest BCUT2D eigenvalue weighted by Crippen LogP contribution is 2.26. The van der Waals surface area contributed by atoms with Crippen LogP contribution < -0.4 is 11.1 Å². The lowest BCUT2D eigenvalue weighted by molar-refractivity contribution is -0.133. The molecule has 0 saturated heterocycles. The fourth-order valence-corrected chi connectivity index (χ4v) is 1.35. The number of aliphatic hydroxyl groups excluding tert-OH is 1. The lowest BCUT2D eigenvalue weighted by Crippen LogP contribution is -2.43. The molecule has 0 radical (unpaired) electrons. The molecule has 0 bridgehead atoms. The minimum Gasteiger partial charge on any atom is -0.395 e. The minimum absolute atomic E-state index is 0.0352. The second-order valence-electron chi connectivity index (χ2n) is 3.52. The van der Waals surface area contributed by atoms with Crippen LogP contribution in [0.1, 0.15) is 12.8 Å². The molecular weight excluding hydrogens is 198 g/mol. The van der Waals surface area contributed by atoms with Crippen molar-refractivity contribution >= 4 is 11.8 Å². The molecule has 0 unspecified atom stereocenters. The Labute approximate surface area is 88.4 Å². The molecule has 15 heavy (non-hydrogen) atoms. The molecule has 2 amide bonds. The Balaban J connectivity index is 2.32. The topological polar surface area (TPSA) is 95.7 Å². The van der Waals surface area contributed by atoms with Gasteiger partial charge in [0, 0.05) is 12.6 Å². The van der Waals surface area contributed by atoms with E-state index in [1.165, 1.54) is 0 Å². The summed E-state index contributed by atoms with van der Waals surface area (Å²) in [4.78, 5) is 24.0. The number of hydrogen-bond donors (Lipinski definition) is 3. The van der Waals surface area contributed by atoms with Crippen LogP contribution in [-0.4, -0.2) is 54.1 Å². The van der Waals surface area contributed by atoms with Crippen LogP contribution in [0.3, 0.4) is 0 Å². The number of hydrogen-bond acceptors (Lipinski definition) is 4. The number of aliphatic hydroxyl groups is 1. The Morgan fingerprint density at radius 3 is 2.60 bits per heavy atom. The third kappa shape index (κ3) is 3.85. The van der Waals surface area contributed by atoms with Crippen molar-refractivity contribution in [2.45, 2.75) is 18.9 Å². The minimum atomic E-state index is -0.344. The van der Waals surface area contributed by atoms with Crippen LogP contribution in [0, 0.1) is 0 Å². The van der Waals surface area contributed by atoms with Gasteiger partial charge in [-0.1, -0.05) is 0 Å². The zero-order valence-corrected chi connectivity index (χ0v) is 8.61. The lowest BCUT2D eigenvalue weighted by atomic mass is 10.4. The Morgan fingerprint density at radius 2 is 2.13 bits per heavy atom. The van der Waals surface area contributed by atoms with E-state index in [1.54, 1.807) is 4.90 Å². The summed E-state index contributed by atoms with van der Waals surface area (Å²) < 4.78 is 0. The molecule has 0 aliphatic heterocycles. The average Bonchev–Trinajstić information content (AvgIpc) is 3.05. The van der Waals surface area contributed by atoms with E-state index in [4.69, 9.17) is 10.8 Å². The second kappa shape index (κ2) is 5.67. The summed E-state index contributed by atoms with van der Waals surface area (Å²) in [5.74, 6) is -0.503. The van der Waals surface area contributed by atoms with E-state index < -0.39 is 0 Å². The first kappa shape index (κ1) is 11.9. The van der Waals surface area contributed by atoms with Crippen molar-refractivity contribution in [2.24, 2.45) is 5.73 Å². The number of carbonyl (C=O) groups is 2. The number of rotatable bonds is 6. The van der Waals surface area contributed by atoms with Crippen LogP contribution in [0.25, 0.3) is 0 Å². The van der Waals surface area contributed by atoms with Crippen LogP contribution in [0.15, 0.2) is 0 Å². The van der Waals surface area contributed by atoms with Crippen molar-refractivity contribution in [3.05, 3.63) is 0 Å². The Kier molecular flexibility index (Phi) is 4.51. The maximum absolute atomic E-state index is 11.6. The van der Waals surface area contributed by atoms with Crippen molar-refractivity contribution in [1.82, 2.24) is 10.2 Å². The summed E-state index contributed by atoms with van der Waals surface area (Å²) in [6, 6.07) is 0.249. The number of amides is 2. The molecule has 0 aromatic rings. The van der Waals surface area contributed by atoms with E-state index in [0.29, 0.717) is 6.54 Å². The van der Waals surface area contributed by atoms with Crippen LogP contribution in [0.2, 0.25) is 0 Å². The average molecular weight is 215 g/mol. The maximum Gasteiger partial charge on any atom is 0.242 e. The van der Waals surface area contributed by atoms with Crippen LogP contribution in [-0.2, 0) is 9.59 Å². The van der Waals surface area contributed by atoms with E-state index in [9.17, 15) is 9.59 Å². The van der Waals surface area contributed by atoms with Gasteiger partial charge in [0.1, 0.15) is 0 Å². The van der Waals surface area contributed by atoms with Gasteiger partial charge in [0.25, 0.3) is 0 Å². The standard InChI is InChI=1S/C9H17N3O3/c10-5-8(14)11-6-9(15)12(3-4-13)7-1-2-7/h7,13H,1-6,10H2,(H,11,14). The van der Waals surface area contributed by atoms with Crippen LogP contribution in [0.4, 0.5) is 0 Å². The SMILES string of the molecule is NCC(=O)NCC(=O)N(CCO)C1CC1. The van der Waals surface area contributed by atoms with Crippen LogP contribution in [0.5, 0.6) is 0 Å². The van der Waals surface area contributed by atoms with Crippen LogP contribution >= 0.6 is 0 Å². The molecule has 6 nitrogen and oxygen atoms in total. The van der Waals surface area contributed by atoms with Crippen molar-refractivity contribution < 1.29 is 14.7 Å². The van der Waals surface area contributed by atoms with Gasteiger partial charge in [-0.05, 0) is 12.8 Å². The smallest absolute Gasteiger partial charge is 0.242 e. The molecule has 1 saturated carbocycles. The quantitative estimate of drug-likeness (QED) is 0.479. The second-order valence-corrected chi connectivity index (χ2v) is 3.52. The van der Waals surface area contributed by atoms with Gasteiger partial charge in [-0.25, -0.2) is 0 Å². The molecular formula is C9H17N3O3. The largest absolute Gasteiger partial charge is 0.395 e. The number of nitrogens with one attached hydrogen (secondary N) is 1. The summed E-state index contributed by atoms with van der Waals surface area (Å²) in [5.41, 5.74) is 5.09. The molecule has 1 fully saturated rings. The molecule has 0 aromatic carbocycles. The first-order chi connectivity index (χ1) is 7.19. The van der Waals surface area contributed by atoms with Gasteiger partial charge in [-0.2, -0.15) is 0 Å². The molecule has 86 valence electrons. The van der Waals surface area contributed by atoms with Gasteiger partial charge >= 0.3 is 0 Å². The van der Waals surface area contributed by atoms with Crippen molar-refractivity contribution in [3.63, 3.8) is 0 Å². The van der Waals surface area contributed by atoms with Gasteiger partial charge in [0.2, 0.25) is 11.8 Å². The van der Waals surface area contributed by atoms with Gasteiger partial charge in [-0.3, -0.25) is 9.59 Å². The number of nitrogens with two attached hydrogens (primary N) is 1. The Bertz CT molecular complexity index is 241. The van der Waals surface area contributed by atoms with Crippen molar-refractivity contribution in [3.8, 4) is 0 Å². The first-order valence-corrected chi connectivity index (χ1v) is 5.06. The van der Waals surface area contributed by atoms with E-state index in [2.05, 4.69) is 5.32 Å². The summed E-state index contributed by atoms with van der Waals surface area (Å²) in [6.45, 7) is 0.137. The highest BCUT2D eigenvalue weighted by molar-refractivity contribution is 5.85. The predicted molar refractivity (Wildman–Crippen MR) is 53.9 cm³/mol. The molecule has 0 atom stereocenters. The van der Waals surface area contributed by atoms with E-state index in [0.717, 1.165) is 12.8 Å². The maximum atomic E-state index is 11.6. The zero-order valence-electron chi connectivity index (χ0n) is 8.61.